The molecule has 2 rings (SSSR count). The number of para-hydroxylation sites is 1. The van der Waals surface area contributed by atoms with Crippen molar-refractivity contribution in [1.82, 2.24) is 5.32 Å². The SMILES string of the molecule is CCNCC(Cc1ccccc1OC)CC1CCC(C)O1. The van der Waals surface area contributed by atoms with Gasteiger partial charge in [0.25, 0.3) is 0 Å². The first-order valence-electron chi connectivity index (χ1n) is 8.21. The van der Waals surface area contributed by atoms with Crippen molar-refractivity contribution in [3.8, 4) is 5.75 Å². The Morgan fingerprint density at radius 3 is 2.81 bits per heavy atom. The summed E-state index contributed by atoms with van der Waals surface area (Å²) >= 11 is 0. The van der Waals surface area contributed by atoms with Gasteiger partial charge in [-0.25, -0.2) is 0 Å². The lowest BCUT2D eigenvalue weighted by molar-refractivity contribution is 0.0408. The second-order valence-electron chi connectivity index (χ2n) is 6.07. The second-order valence-corrected chi connectivity index (χ2v) is 6.07. The first-order chi connectivity index (χ1) is 10.2. The van der Waals surface area contributed by atoms with Crippen LogP contribution in [0.2, 0.25) is 0 Å². The van der Waals surface area contributed by atoms with Crippen molar-refractivity contribution in [3.05, 3.63) is 29.8 Å². The van der Waals surface area contributed by atoms with Gasteiger partial charge >= 0.3 is 0 Å². The van der Waals surface area contributed by atoms with Gasteiger partial charge in [-0.05, 0) is 63.2 Å². The second kappa shape index (κ2) is 8.40. The third-order valence-corrected chi connectivity index (χ3v) is 4.30. The van der Waals surface area contributed by atoms with Crippen LogP contribution in [0, 0.1) is 5.92 Å². The summed E-state index contributed by atoms with van der Waals surface area (Å²) in [6, 6.07) is 8.35. The highest BCUT2D eigenvalue weighted by atomic mass is 16.5. The van der Waals surface area contributed by atoms with Crippen LogP contribution in [0.1, 0.15) is 38.7 Å². The number of rotatable bonds is 8. The third kappa shape index (κ3) is 5.01. The summed E-state index contributed by atoms with van der Waals surface area (Å²) in [7, 11) is 1.75. The largest absolute Gasteiger partial charge is 0.496 e. The van der Waals surface area contributed by atoms with Gasteiger partial charge in [-0.15, -0.1) is 0 Å². The summed E-state index contributed by atoms with van der Waals surface area (Å²) in [4.78, 5) is 0. The minimum atomic E-state index is 0.429. The van der Waals surface area contributed by atoms with Gasteiger partial charge in [-0.1, -0.05) is 25.1 Å². The van der Waals surface area contributed by atoms with E-state index in [1.54, 1.807) is 7.11 Å². The van der Waals surface area contributed by atoms with Crippen LogP contribution >= 0.6 is 0 Å². The molecule has 0 bridgehead atoms. The Kier molecular flexibility index (Phi) is 6.52. The Morgan fingerprint density at radius 1 is 1.33 bits per heavy atom. The van der Waals surface area contributed by atoms with Crippen LogP contribution in [-0.2, 0) is 11.2 Å². The van der Waals surface area contributed by atoms with Gasteiger partial charge in [0.15, 0.2) is 0 Å². The lowest BCUT2D eigenvalue weighted by Gasteiger charge is -2.22. The van der Waals surface area contributed by atoms with Crippen LogP contribution in [0.15, 0.2) is 24.3 Å². The molecule has 3 atom stereocenters. The van der Waals surface area contributed by atoms with Crippen molar-refractivity contribution in [3.63, 3.8) is 0 Å². The lowest BCUT2D eigenvalue weighted by atomic mass is 9.92. The van der Waals surface area contributed by atoms with E-state index in [1.165, 1.54) is 18.4 Å². The van der Waals surface area contributed by atoms with E-state index >= 15 is 0 Å². The summed E-state index contributed by atoms with van der Waals surface area (Å²) in [5.41, 5.74) is 1.30. The molecule has 1 heterocycles. The van der Waals surface area contributed by atoms with E-state index in [0.29, 0.717) is 18.1 Å². The molecule has 3 unspecified atom stereocenters. The molecule has 1 N–H and O–H groups in total. The normalized spacial score (nSPS) is 23.2. The van der Waals surface area contributed by atoms with Crippen LogP contribution < -0.4 is 10.1 Å². The molecule has 0 aromatic heterocycles. The molecule has 0 aliphatic carbocycles. The zero-order valence-electron chi connectivity index (χ0n) is 13.6. The van der Waals surface area contributed by atoms with Gasteiger partial charge in [-0.3, -0.25) is 0 Å². The molecule has 1 aliphatic rings. The summed E-state index contributed by atoms with van der Waals surface area (Å²) in [5.74, 6) is 1.59. The number of benzene rings is 1. The van der Waals surface area contributed by atoms with E-state index in [4.69, 9.17) is 9.47 Å². The van der Waals surface area contributed by atoms with Gasteiger partial charge in [0.1, 0.15) is 5.75 Å². The fourth-order valence-corrected chi connectivity index (χ4v) is 3.20. The molecule has 0 saturated carbocycles. The highest BCUT2D eigenvalue weighted by Gasteiger charge is 2.25. The maximum Gasteiger partial charge on any atom is 0.122 e. The average molecular weight is 291 g/mol. The van der Waals surface area contributed by atoms with Crippen LogP contribution in [0.4, 0.5) is 0 Å². The van der Waals surface area contributed by atoms with Crippen molar-refractivity contribution < 1.29 is 9.47 Å². The van der Waals surface area contributed by atoms with Gasteiger partial charge in [-0.2, -0.15) is 0 Å². The topological polar surface area (TPSA) is 30.5 Å². The van der Waals surface area contributed by atoms with E-state index in [1.807, 2.05) is 12.1 Å². The van der Waals surface area contributed by atoms with E-state index < -0.39 is 0 Å². The number of hydrogen-bond acceptors (Lipinski definition) is 3. The van der Waals surface area contributed by atoms with Crippen LogP contribution in [0.3, 0.4) is 0 Å². The molecule has 1 saturated heterocycles. The Hall–Kier alpha value is -1.06. The number of hydrogen-bond donors (Lipinski definition) is 1. The summed E-state index contributed by atoms with van der Waals surface area (Å²) in [5, 5.41) is 3.49. The molecule has 1 aliphatic heterocycles. The van der Waals surface area contributed by atoms with Crippen LogP contribution in [0.25, 0.3) is 0 Å². The monoisotopic (exact) mass is 291 g/mol. The Labute approximate surface area is 129 Å². The van der Waals surface area contributed by atoms with Crippen molar-refractivity contribution in [1.29, 1.82) is 0 Å². The molecule has 1 aromatic carbocycles. The van der Waals surface area contributed by atoms with Gasteiger partial charge in [0, 0.05) is 0 Å². The summed E-state index contributed by atoms with van der Waals surface area (Å²) in [6.07, 6.45) is 5.45. The highest BCUT2D eigenvalue weighted by Crippen LogP contribution is 2.28. The molecule has 3 heteroatoms. The minimum absolute atomic E-state index is 0.429. The third-order valence-electron chi connectivity index (χ3n) is 4.30. The molecule has 0 amide bonds. The first kappa shape index (κ1) is 16.3. The van der Waals surface area contributed by atoms with E-state index in [-0.39, 0.29) is 0 Å². The molecular weight excluding hydrogens is 262 g/mol. The van der Waals surface area contributed by atoms with E-state index in [9.17, 15) is 0 Å². The van der Waals surface area contributed by atoms with Crippen molar-refractivity contribution in [2.24, 2.45) is 5.92 Å². The molecule has 1 fully saturated rings. The number of nitrogens with one attached hydrogen (secondary N) is 1. The Bertz CT molecular complexity index is 421. The quantitative estimate of drug-likeness (QED) is 0.796. The van der Waals surface area contributed by atoms with Gasteiger partial charge in [0.2, 0.25) is 0 Å². The molecule has 21 heavy (non-hydrogen) atoms. The van der Waals surface area contributed by atoms with Crippen molar-refractivity contribution >= 4 is 0 Å². The maximum atomic E-state index is 6.01. The zero-order chi connectivity index (χ0) is 15.1. The first-order valence-corrected chi connectivity index (χ1v) is 8.21. The fraction of sp³-hybridized carbons (Fsp3) is 0.667. The Balaban J connectivity index is 1.98. The molecule has 0 spiro atoms. The Morgan fingerprint density at radius 2 is 2.14 bits per heavy atom. The minimum Gasteiger partial charge on any atom is -0.496 e. The van der Waals surface area contributed by atoms with E-state index in [0.717, 1.165) is 31.7 Å². The molecular formula is C18H29NO2. The van der Waals surface area contributed by atoms with Crippen molar-refractivity contribution in [2.45, 2.75) is 51.7 Å². The van der Waals surface area contributed by atoms with E-state index in [2.05, 4.69) is 31.3 Å². The van der Waals surface area contributed by atoms with Gasteiger partial charge < -0.3 is 14.8 Å². The summed E-state index contributed by atoms with van der Waals surface area (Å²) < 4.78 is 11.5. The van der Waals surface area contributed by atoms with Crippen LogP contribution in [0.5, 0.6) is 5.75 Å². The smallest absolute Gasteiger partial charge is 0.122 e. The standard InChI is InChI=1S/C18H29NO2/c1-4-19-13-15(12-17-10-9-14(2)21-17)11-16-7-5-6-8-18(16)20-3/h5-8,14-15,17,19H,4,9-13H2,1-3H3. The molecule has 0 radical (unpaired) electrons. The molecule has 1 aromatic rings. The summed E-state index contributed by atoms with van der Waals surface area (Å²) in [6.45, 7) is 6.40. The lowest BCUT2D eigenvalue weighted by Crippen LogP contribution is -2.27. The average Bonchev–Trinajstić information content (AvgIpc) is 2.90. The molecule has 3 nitrogen and oxygen atoms in total. The molecule has 118 valence electrons. The van der Waals surface area contributed by atoms with Gasteiger partial charge in [0.05, 0.1) is 19.3 Å². The fourth-order valence-electron chi connectivity index (χ4n) is 3.20. The number of methoxy groups -OCH3 is 1. The van der Waals surface area contributed by atoms with Crippen molar-refractivity contribution in [2.75, 3.05) is 20.2 Å². The number of ether oxygens (including phenoxy) is 2. The highest BCUT2D eigenvalue weighted by molar-refractivity contribution is 5.33. The predicted molar refractivity (Wildman–Crippen MR) is 86.9 cm³/mol. The zero-order valence-corrected chi connectivity index (χ0v) is 13.6. The predicted octanol–water partition coefficient (Wildman–Crippen LogP) is 3.42. The van der Waals surface area contributed by atoms with Crippen LogP contribution in [-0.4, -0.2) is 32.4 Å². The maximum absolute atomic E-state index is 6.01.